The van der Waals surface area contributed by atoms with Gasteiger partial charge in [-0.05, 0) is 30.5 Å². The van der Waals surface area contributed by atoms with E-state index in [4.69, 9.17) is 0 Å². The third-order valence-corrected chi connectivity index (χ3v) is 5.25. The van der Waals surface area contributed by atoms with Gasteiger partial charge in [-0.2, -0.15) is 0 Å². The monoisotopic (exact) mass is 313 g/mol. The van der Waals surface area contributed by atoms with Crippen LogP contribution < -0.4 is 10.6 Å². The summed E-state index contributed by atoms with van der Waals surface area (Å²) in [4.78, 5) is 4.08. The number of hydrogen-bond donors (Lipinski definition) is 2. The van der Waals surface area contributed by atoms with Gasteiger partial charge in [-0.3, -0.25) is 4.99 Å². The minimum absolute atomic E-state index is 0.101. The van der Waals surface area contributed by atoms with E-state index in [1.54, 1.807) is 26.1 Å². The van der Waals surface area contributed by atoms with E-state index in [-0.39, 0.29) is 23.4 Å². The lowest BCUT2D eigenvalue weighted by molar-refractivity contribution is 0.599. The topological polar surface area (TPSA) is 70.6 Å². The van der Waals surface area contributed by atoms with E-state index in [0.29, 0.717) is 24.5 Å². The highest BCUT2D eigenvalue weighted by Gasteiger charge is 2.28. The predicted molar refractivity (Wildman–Crippen MR) is 81.5 cm³/mol. The molecule has 1 saturated heterocycles. The molecule has 1 heterocycles. The number of sulfone groups is 1. The Bertz CT molecular complexity index is 644. The Morgan fingerprint density at radius 1 is 1.48 bits per heavy atom. The van der Waals surface area contributed by atoms with Crippen LogP contribution in [0, 0.1) is 12.7 Å². The molecule has 7 heteroatoms. The molecule has 2 rings (SSSR count). The third kappa shape index (κ3) is 4.42. The second-order valence-corrected chi connectivity index (χ2v) is 7.48. The summed E-state index contributed by atoms with van der Waals surface area (Å²) in [5.74, 6) is 0.693. The highest BCUT2D eigenvalue weighted by Crippen LogP contribution is 2.11. The highest BCUT2D eigenvalue weighted by molar-refractivity contribution is 7.91. The molecule has 0 aliphatic carbocycles. The molecule has 21 heavy (non-hydrogen) atoms. The number of aryl methyl sites for hydroxylation is 1. The zero-order valence-corrected chi connectivity index (χ0v) is 13.0. The number of hydrogen-bond acceptors (Lipinski definition) is 3. The van der Waals surface area contributed by atoms with Crippen LogP contribution in [0.3, 0.4) is 0 Å². The summed E-state index contributed by atoms with van der Waals surface area (Å²) >= 11 is 0. The average Bonchev–Trinajstić information content (AvgIpc) is 2.77. The number of nitrogens with zero attached hydrogens (tertiary/aromatic N) is 1. The summed E-state index contributed by atoms with van der Waals surface area (Å²) < 4.78 is 36.0. The molecule has 0 aromatic heterocycles. The first-order valence-corrected chi connectivity index (χ1v) is 8.64. The molecule has 2 N–H and O–H groups in total. The van der Waals surface area contributed by atoms with E-state index < -0.39 is 9.84 Å². The van der Waals surface area contributed by atoms with Crippen LogP contribution in [0.25, 0.3) is 0 Å². The molecule has 1 aromatic rings. The molecule has 1 fully saturated rings. The Labute approximate surface area is 124 Å². The molecule has 0 spiro atoms. The Morgan fingerprint density at radius 3 is 2.81 bits per heavy atom. The summed E-state index contributed by atoms with van der Waals surface area (Å²) in [6.07, 6.45) is 0.596. The fraction of sp³-hybridized carbons (Fsp3) is 0.500. The van der Waals surface area contributed by atoms with E-state index in [0.717, 1.165) is 5.56 Å². The Balaban J connectivity index is 1.90. The van der Waals surface area contributed by atoms with Gasteiger partial charge in [-0.25, -0.2) is 12.8 Å². The van der Waals surface area contributed by atoms with Gasteiger partial charge in [0.05, 0.1) is 11.5 Å². The first-order valence-electron chi connectivity index (χ1n) is 6.82. The first kappa shape index (κ1) is 15.8. The first-order chi connectivity index (χ1) is 9.89. The van der Waals surface area contributed by atoms with Gasteiger partial charge >= 0.3 is 0 Å². The molecule has 116 valence electrons. The Kier molecular flexibility index (Phi) is 4.82. The smallest absolute Gasteiger partial charge is 0.191 e. The van der Waals surface area contributed by atoms with E-state index in [2.05, 4.69) is 15.6 Å². The summed E-state index contributed by atoms with van der Waals surface area (Å²) in [5, 5.41) is 6.21. The van der Waals surface area contributed by atoms with E-state index in [1.165, 1.54) is 6.07 Å². The van der Waals surface area contributed by atoms with Gasteiger partial charge in [0.2, 0.25) is 0 Å². The molecular formula is C14H20FN3O2S. The van der Waals surface area contributed by atoms with Crippen molar-refractivity contribution >= 4 is 15.8 Å². The van der Waals surface area contributed by atoms with Gasteiger partial charge in [-0.1, -0.05) is 12.1 Å². The summed E-state index contributed by atoms with van der Waals surface area (Å²) in [5.41, 5.74) is 1.54. The summed E-state index contributed by atoms with van der Waals surface area (Å²) in [6, 6.07) is 4.82. The molecule has 1 unspecified atom stereocenters. The average molecular weight is 313 g/mol. The number of nitrogens with one attached hydrogen (secondary N) is 2. The fourth-order valence-electron chi connectivity index (χ4n) is 2.30. The minimum atomic E-state index is -2.91. The maximum atomic E-state index is 13.2. The van der Waals surface area contributed by atoms with Crippen LogP contribution in [0.2, 0.25) is 0 Å². The van der Waals surface area contributed by atoms with Crippen molar-refractivity contribution in [2.24, 2.45) is 4.99 Å². The van der Waals surface area contributed by atoms with Crippen molar-refractivity contribution in [1.82, 2.24) is 10.6 Å². The molecular weight excluding hydrogens is 293 g/mol. The number of aliphatic imine (C=N–C) groups is 1. The standard InChI is InChI=1S/C14H20FN3O2S/c1-10-7-11(3-4-13(10)15)8-17-14(16-2)18-12-5-6-21(19,20)9-12/h3-4,7,12H,5-6,8-9H2,1-2H3,(H2,16,17,18). The number of benzene rings is 1. The molecule has 0 radical (unpaired) electrons. The van der Waals surface area contributed by atoms with Gasteiger partial charge in [0.1, 0.15) is 5.82 Å². The second-order valence-electron chi connectivity index (χ2n) is 5.25. The highest BCUT2D eigenvalue weighted by atomic mass is 32.2. The van der Waals surface area contributed by atoms with Crippen molar-refractivity contribution in [2.45, 2.75) is 25.9 Å². The van der Waals surface area contributed by atoms with Gasteiger partial charge in [0.25, 0.3) is 0 Å². The zero-order valence-electron chi connectivity index (χ0n) is 12.2. The minimum Gasteiger partial charge on any atom is -0.353 e. The maximum Gasteiger partial charge on any atom is 0.191 e. The molecule has 5 nitrogen and oxygen atoms in total. The maximum absolute atomic E-state index is 13.2. The van der Waals surface area contributed by atoms with Crippen LogP contribution in [-0.4, -0.2) is 39.0 Å². The normalized spacial score (nSPS) is 21.3. The lowest BCUT2D eigenvalue weighted by Gasteiger charge is -2.16. The van der Waals surface area contributed by atoms with Crippen molar-refractivity contribution in [3.8, 4) is 0 Å². The number of rotatable bonds is 3. The van der Waals surface area contributed by atoms with Crippen LogP contribution in [0.4, 0.5) is 4.39 Å². The van der Waals surface area contributed by atoms with Crippen LogP contribution in [0.5, 0.6) is 0 Å². The van der Waals surface area contributed by atoms with Crippen LogP contribution in [-0.2, 0) is 16.4 Å². The molecule has 0 bridgehead atoms. The fourth-order valence-corrected chi connectivity index (χ4v) is 3.97. The van der Waals surface area contributed by atoms with Crippen LogP contribution >= 0.6 is 0 Å². The van der Waals surface area contributed by atoms with E-state index in [1.807, 2.05) is 0 Å². The molecule has 0 amide bonds. The van der Waals surface area contributed by atoms with Crippen molar-refractivity contribution < 1.29 is 12.8 Å². The quantitative estimate of drug-likeness (QED) is 0.645. The molecule has 0 saturated carbocycles. The van der Waals surface area contributed by atoms with Crippen LogP contribution in [0.15, 0.2) is 23.2 Å². The zero-order chi connectivity index (χ0) is 15.5. The second kappa shape index (κ2) is 6.43. The van der Waals surface area contributed by atoms with E-state index >= 15 is 0 Å². The van der Waals surface area contributed by atoms with Crippen molar-refractivity contribution in [3.05, 3.63) is 35.1 Å². The molecule has 1 atom stereocenters. The van der Waals surface area contributed by atoms with Gasteiger partial charge in [0, 0.05) is 19.6 Å². The van der Waals surface area contributed by atoms with E-state index in [9.17, 15) is 12.8 Å². The Hall–Kier alpha value is -1.63. The lowest BCUT2D eigenvalue weighted by Crippen LogP contribution is -2.43. The van der Waals surface area contributed by atoms with Crippen LogP contribution in [0.1, 0.15) is 17.5 Å². The van der Waals surface area contributed by atoms with Crippen molar-refractivity contribution in [2.75, 3.05) is 18.6 Å². The van der Waals surface area contributed by atoms with Gasteiger partial charge < -0.3 is 10.6 Å². The predicted octanol–water partition coefficient (Wildman–Crippen LogP) is 0.986. The van der Waals surface area contributed by atoms with Gasteiger partial charge in [-0.15, -0.1) is 0 Å². The summed E-state index contributed by atoms with van der Waals surface area (Å²) in [7, 11) is -1.28. The lowest BCUT2D eigenvalue weighted by atomic mass is 10.1. The number of halogens is 1. The van der Waals surface area contributed by atoms with Crippen molar-refractivity contribution in [3.63, 3.8) is 0 Å². The van der Waals surface area contributed by atoms with Gasteiger partial charge in [0.15, 0.2) is 15.8 Å². The summed E-state index contributed by atoms with van der Waals surface area (Å²) in [6.45, 7) is 2.22. The third-order valence-electron chi connectivity index (χ3n) is 3.48. The molecule has 1 aromatic carbocycles. The molecule has 1 aliphatic rings. The van der Waals surface area contributed by atoms with Crippen molar-refractivity contribution in [1.29, 1.82) is 0 Å². The SMILES string of the molecule is CN=C(NCc1ccc(F)c(C)c1)NC1CCS(=O)(=O)C1. The molecule has 1 aliphatic heterocycles. The number of guanidine groups is 1. The Morgan fingerprint density at radius 2 is 2.24 bits per heavy atom. The largest absolute Gasteiger partial charge is 0.353 e.